The van der Waals surface area contributed by atoms with Crippen molar-refractivity contribution in [2.75, 3.05) is 12.8 Å². The number of amides is 1. The molecular weight excluding hydrogens is 232 g/mol. The van der Waals surface area contributed by atoms with Crippen LogP contribution in [-0.4, -0.2) is 13.0 Å². The van der Waals surface area contributed by atoms with Gasteiger partial charge in [-0.3, -0.25) is 4.79 Å². The van der Waals surface area contributed by atoms with Crippen LogP contribution in [-0.2, 0) is 4.79 Å². The summed E-state index contributed by atoms with van der Waals surface area (Å²) in [7, 11) is 1.46. The van der Waals surface area contributed by atoms with Gasteiger partial charge < -0.3 is 10.5 Å². The molecule has 0 saturated heterocycles. The molecule has 84 valence electrons. The molecule has 0 bridgehead atoms. The average molecular weight is 241 g/mol. The van der Waals surface area contributed by atoms with E-state index in [1.807, 2.05) is 0 Å². The molecule has 6 heteroatoms. The van der Waals surface area contributed by atoms with Gasteiger partial charge in [-0.15, -0.1) is 4.91 Å². The third-order valence-electron chi connectivity index (χ3n) is 1.85. The van der Waals surface area contributed by atoms with E-state index in [4.69, 9.17) is 22.1 Å². The molecule has 1 aromatic rings. The Kier molecular flexibility index (Phi) is 4.02. The van der Waals surface area contributed by atoms with E-state index in [0.717, 1.165) is 6.08 Å². The Morgan fingerprint density at radius 2 is 2.25 bits per heavy atom. The van der Waals surface area contributed by atoms with Crippen molar-refractivity contribution in [1.29, 1.82) is 0 Å². The first-order valence-electron chi connectivity index (χ1n) is 4.27. The minimum Gasteiger partial charge on any atom is -0.495 e. The summed E-state index contributed by atoms with van der Waals surface area (Å²) in [6.45, 7) is 0. The molecule has 0 saturated carbocycles. The number of ether oxygens (including phenoxy) is 1. The number of carbonyl (C=O) groups excluding carboxylic acids is 1. The van der Waals surface area contributed by atoms with Crippen LogP contribution in [0.2, 0.25) is 5.02 Å². The van der Waals surface area contributed by atoms with Crippen LogP contribution in [0.4, 0.5) is 5.69 Å². The highest BCUT2D eigenvalue weighted by atomic mass is 35.5. The number of anilines is 1. The molecule has 0 atom stereocenters. The molecule has 1 aromatic carbocycles. The highest BCUT2D eigenvalue weighted by Gasteiger charge is 2.05. The number of hydrogen-bond acceptors (Lipinski definition) is 4. The summed E-state index contributed by atoms with van der Waals surface area (Å²) in [5, 5.41) is 2.59. The molecule has 0 aromatic heterocycles. The number of nitroso groups, excluding NO2 is 1. The van der Waals surface area contributed by atoms with Gasteiger partial charge in [0.15, 0.2) is 0 Å². The molecule has 2 N–H and O–H groups in total. The maximum atomic E-state index is 10.7. The summed E-state index contributed by atoms with van der Waals surface area (Å²) in [6.07, 6.45) is 2.39. The first kappa shape index (κ1) is 12.2. The van der Waals surface area contributed by atoms with Crippen LogP contribution in [0.25, 0.3) is 6.08 Å². The van der Waals surface area contributed by atoms with Crippen LogP contribution in [0.15, 0.2) is 23.4 Å². The van der Waals surface area contributed by atoms with Crippen LogP contribution in [0.1, 0.15) is 5.56 Å². The number of benzene rings is 1. The molecule has 0 heterocycles. The van der Waals surface area contributed by atoms with Gasteiger partial charge in [0, 0.05) is 22.5 Å². The lowest BCUT2D eigenvalue weighted by Crippen LogP contribution is -1.93. The van der Waals surface area contributed by atoms with Crippen LogP contribution in [0, 0.1) is 4.91 Å². The van der Waals surface area contributed by atoms with Gasteiger partial charge in [-0.2, -0.15) is 0 Å². The Morgan fingerprint density at radius 1 is 1.56 bits per heavy atom. The van der Waals surface area contributed by atoms with Crippen LogP contribution in [0.5, 0.6) is 5.75 Å². The second-order valence-electron chi connectivity index (χ2n) is 2.88. The topological polar surface area (TPSA) is 81.8 Å². The fraction of sp³-hybridized carbons (Fsp3) is 0.100. The third kappa shape index (κ3) is 2.80. The molecule has 0 radical (unpaired) electrons. The predicted molar refractivity (Wildman–Crippen MR) is 62.3 cm³/mol. The zero-order valence-corrected chi connectivity index (χ0v) is 9.19. The summed E-state index contributed by atoms with van der Waals surface area (Å²) in [4.78, 5) is 20.5. The maximum absolute atomic E-state index is 10.7. The second-order valence-corrected chi connectivity index (χ2v) is 3.29. The number of rotatable bonds is 3. The van der Waals surface area contributed by atoms with E-state index in [1.54, 1.807) is 6.07 Å². The predicted octanol–water partition coefficient (Wildman–Crippen LogP) is 2.24. The number of carbonyl (C=O) groups is 1. The van der Waals surface area contributed by atoms with Crippen molar-refractivity contribution in [3.63, 3.8) is 0 Å². The normalized spacial score (nSPS) is 10.4. The van der Waals surface area contributed by atoms with Crippen LogP contribution < -0.4 is 10.5 Å². The first-order valence-corrected chi connectivity index (χ1v) is 4.64. The summed E-state index contributed by atoms with van der Waals surface area (Å²) in [5.41, 5.74) is 6.56. The number of halogens is 1. The Labute approximate surface area is 96.8 Å². The molecule has 0 aliphatic heterocycles. The van der Waals surface area contributed by atoms with Crippen LogP contribution in [0.3, 0.4) is 0 Å². The molecule has 0 spiro atoms. The molecule has 0 aliphatic rings. The number of methoxy groups -OCH3 is 1. The Hall–Kier alpha value is -1.88. The van der Waals surface area contributed by atoms with Crippen molar-refractivity contribution in [3.05, 3.63) is 33.7 Å². The lowest BCUT2D eigenvalue weighted by atomic mass is 10.1. The van der Waals surface area contributed by atoms with E-state index in [1.165, 1.54) is 19.3 Å². The quantitative estimate of drug-likeness (QED) is 0.499. The highest BCUT2D eigenvalue weighted by molar-refractivity contribution is 6.32. The fourth-order valence-electron chi connectivity index (χ4n) is 1.08. The van der Waals surface area contributed by atoms with Crippen LogP contribution >= 0.6 is 11.6 Å². The molecule has 16 heavy (non-hydrogen) atoms. The smallest absolute Gasteiger partial charge is 0.309 e. The van der Waals surface area contributed by atoms with Crippen molar-refractivity contribution in [2.45, 2.75) is 0 Å². The Balaban J connectivity index is 3.09. The standard InChI is InChI=1S/C10H9ClN2O3/c1-16-9-4-6(2-3-10(14)13-15)8(12)5-7(9)11/h2-5H,12H2,1H3/b3-2+. The van der Waals surface area contributed by atoms with Gasteiger partial charge in [-0.1, -0.05) is 11.6 Å². The number of nitrogen functional groups attached to an aromatic ring is 1. The summed E-state index contributed by atoms with van der Waals surface area (Å²) in [6, 6.07) is 3.06. The molecule has 1 amide bonds. The molecule has 0 unspecified atom stereocenters. The van der Waals surface area contributed by atoms with E-state index >= 15 is 0 Å². The average Bonchev–Trinajstić information content (AvgIpc) is 2.27. The Bertz CT molecular complexity index is 458. The van der Waals surface area contributed by atoms with E-state index in [9.17, 15) is 9.70 Å². The second kappa shape index (κ2) is 5.27. The molecule has 0 aliphatic carbocycles. The van der Waals surface area contributed by atoms with Gasteiger partial charge in [0.2, 0.25) is 0 Å². The van der Waals surface area contributed by atoms with Crippen molar-refractivity contribution in [1.82, 2.24) is 0 Å². The van der Waals surface area contributed by atoms with E-state index in [-0.39, 0.29) is 0 Å². The SMILES string of the molecule is COc1cc(/C=C/C(=O)N=O)c(N)cc1Cl. The Morgan fingerprint density at radius 3 is 2.81 bits per heavy atom. The summed E-state index contributed by atoms with van der Waals surface area (Å²) in [5.74, 6) is -0.449. The van der Waals surface area contributed by atoms with E-state index in [2.05, 4.69) is 5.18 Å². The molecule has 5 nitrogen and oxygen atoms in total. The number of hydrogen-bond donors (Lipinski definition) is 1. The lowest BCUT2D eigenvalue weighted by molar-refractivity contribution is -0.113. The zero-order chi connectivity index (χ0) is 12.1. The minimum atomic E-state index is -0.881. The monoisotopic (exact) mass is 240 g/mol. The van der Waals surface area contributed by atoms with Gasteiger partial charge in [0.25, 0.3) is 0 Å². The van der Waals surface area contributed by atoms with Gasteiger partial charge in [-0.25, -0.2) is 0 Å². The first-order chi connectivity index (χ1) is 7.58. The zero-order valence-electron chi connectivity index (χ0n) is 8.44. The summed E-state index contributed by atoms with van der Waals surface area (Å²) >= 11 is 5.83. The lowest BCUT2D eigenvalue weighted by Gasteiger charge is -2.06. The van der Waals surface area contributed by atoms with E-state index < -0.39 is 5.91 Å². The van der Waals surface area contributed by atoms with Gasteiger partial charge >= 0.3 is 5.91 Å². The maximum Gasteiger partial charge on any atom is 0.309 e. The van der Waals surface area contributed by atoms with Crippen molar-refractivity contribution in [3.8, 4) is 5.75 Å². The van der Waals surface area contributed by atoms with Crippen molar-refractivity contribution >= 4 is 29.3 Å². The minimum absolute atomic E-state index is 0.372. The largest absolute Gasteiger partial charge is 0.495 e. The third-order valence-corrected chi connectivity index (χ3v) is 2.15. The summed E-state index contributed by atoms with van der Waals surface area (Å²) < 4.78 is 4.98. The van der Waals surface area contributed by atoms with Crippen molar-refractivity contribution < 1.29 is 9.53 Å². The number of nitrogens with two attached hydrogens (primary N) is 1. The van der Waals surface area contributed by atoms with Gasteiger partial charge in [-0.05, 0) is 18.2 Å². The molecular formula is C10H9ClN2O3. The molecule has 0 fully saturated rings. The van der Waals surface area contributed by atoms with Gasteiger partial charge in [0.1, 0.15) is 5.75 Å². The van der Waals surface area contributed by atoms with Gasteiger partial charge in [0.05, 0.1) is 12.1 Å². The van der Waals surface area contributed by atoms with Crippen molar-refractivity contribution in [2.24, 2.45) is 5.18 Å². The van der Waals surface area contributed by atoms with E-state index in [0.29, 0.717) is 22.0 Å². The fourth-order valence-corrected chi connectivity index (χ4v) is 1.33. The highest BCUT2D eigenvalue weighted by Crippen LogP contribution is 2.30. The molecule has 1 rings (SSSR count). The number of nitrogens with zero attached hydrogens (tertiary/aromatic N) is 1.